The van der Waals surface area contributed by atoms with Crippen LogP contribution in [0, 0.1) is 5.82 Å². The van der Waals surface area contributed by atoms with E-state index in [9.17, 15) is 0 Å². The fourth-order valence-electron chi connectivity index (χ4n) is 5.96. The number of rotatable bonds is 2. The Hall–Kier alpha value is -5.21. The third-order valence-electron chi connectivity index (χ3n) is 7.90. The lowest BCUT2D eigenvalue weighted by molar-refractivity contribution is 0.481. The van der Waals surface area contributed by atoms with Crippen LogP contribution in [0.1, 0.15) is 11.1 Å². The number of para-hydroxylation sites is 1. The summed E-state index contributed by atoms with van der Waals surface area (Å²) in [7, 11) is 0. The molecule has 0 spiro atoms. The molecule has 0 saturated heterocycles. The molecule has 1 heterocycles. The van der Waals surface area contributed by atoms with Gasteiger partial charge >= 0.3 is 0 Å². The molecule has 0 N–H and O–H groups in total. The van der Waals surface area contributed by atoms with Gasteiger partial charge < -0.3 is 4.74 Å². The maximum atomic E-state index is 15.1. The number of ether oxygens (including phenoxy) is 1. The van der Waals surface area contributed by atoms with Crippen molar-refractivity contribution in [1.82, 2.24) is 0 Å². The summed E-state index contributed by atoms with van der Waals surface area (Å²) in [5.74, 6) is 1.30. The number of hydrogen-bond acceptors (Lipinski definition) is 1. The first-order chi connectivity index (χ1) is 19.7. The standard InChI is InChI=1S/C38H23FO/c39-30-20-28(19-29(21-30)27-16-15-25-14-13-24-7-1-6-12-37(24)40-38(25)23-27)26-17-18-35-33-10-3-2-8-31(33)32-9-4-5-11-34(32)36(35)22-26/h1-23H. The molecule has 40 heavy (non-hydrogen) atoms. The minimum absolute atomic E-state index is 0.267. The van der Waals surface area contributed by atoms with Crippen LogP contribution in [0.5, 0.6) is 11.5 Å². The summed E-state index contributed by atoms with van der Waals surface area (Å²) >= 11 is 0. The maximum Gasteiger partial charge on any atom is 0.135 e. The number of fused-ring (bicyclic) bond motifs is 8. The fraction of sp³-hybridized carbons (Fsp3) is 0. The molecule has 188 valence electrons. The predicted octanol–water partition coefficient (Wildman–Crippen LogP) is 10.9. The van der Waals surface area contributed by atoms with Gasteiger partial charge in [-0.2, -0.15) is 0 Å². The average molecular weight is 515 g/mol. The van der Waals surface area contributed by atoms with Crippen LogP contribution in [0.2, 0.25) is 0 Å². The van der Waals surface area contributed by atoms with Gasteiger partial charge in [-0.1, -0.05) is 103 Å². The predicted molar refractivity (Wildman–Crippen MR) is 165 cm³/mol. The first-order valence-corrected chi connectivity index (χ1v) is 13.4. The molecular formula is C38H23FO. The van der Waals surface area contributed by atoms with Crippen molar-refractivity contribution in [2.75, 3.05) is 0 Å². The first-order valence-electron chi connectivity index (χ1n) is 13.4. The van der Waals surface area contributed by atoms with Crippen molar-refractivity contribution in [3.63, 3.8) is 0 Å². The van der Waals surface area contributed by atoms with Crippen LogP contribution in [-0.2, 0) is 0 Å². The van der Waals surface area contributed by atoms with Gasteiger partial charge in [-0.05, 0) is 91.0 Å². The number of benzene rings is 7. The molecule has 1 aliphatic rings. The van der Waals surface area contributed by atoms with Crippen LogP contribution in [0.4, 0.5) is 4.39 Å². The molecule has 0 unspecified atom stereocenters. The van der Waals surface area contributed by atoms with Gasteiger partial charge in [-0.25, -0.2) is 4.39 Å². The zero-order valence-electron chi connectivity index (χ0n) is 21.6. The van der Waals surface area contributed by atoms with Gasteiger partial charge in [-0.3, -0.25) is 0 Å². The molecule has 0 fully saturated rings. The van der Waals surface area contributed by atoms with Gasteiger partial charge in [0, 0.05) is 11.1 Å². The van der Waals surface area contributed by atoms with Gasteiger partial charge in [0.2, 0.25) is 0 Å². The summed E-state index contributed by atoms with van der Waals surface area (Å²) in [5.41, 5.74) is 5.57. The van der Waals surface area contributed by atoms with Gasteiger partial charge in [0.15, 0.2) is 0 Å². The van der Waals surface area contributed by atoms with Crippen molar-refractivity contribution in [2.45, 2.75) is 0 Å². The van der Waals surface area contributed by atoms with E-state index in [1.807, 2.05) is 42.5 Å². The first kappa shape index (κ1) is 22.7. The summed E-state index contributed by atoms with van der Waals surface area (Å²) in [6.45, 7) is 0. The van der Waals surface area contributed by atoms with E-state index in [0.29, 0.717) is 0 Å². The summed E-state index contributed by atoms with van der Waals surface area (Å²) in [6.07, 6.45) is 4.12. The van der Waals surface area contributed by atoms with Crippen molar-refractivity contribution in [2.24, 2.45) is 0 Å². The fourth-order valence-corrected chi connectivity index (χ4v) is 5.96. The van der Waals surface area contributed by atoms with E-state index in [1.165, 1.54) is 32.3 Å². The van der Waals surface area contributed by atoms with E-state index in [2.05, 4.69) is 84.9 Å². The second-order valence-electron chi connectivity index (χ2n) is 10.3. The van der Waals surface area contributed by atoms with Gasteiger partial charge in [-0.15, -0.1) is 0 Å². The lowest BCUT2D eigenvalue weighted by atomic mass is 9.91. The molecule has 7 aromatic carbocycles. The van der Waals surface area contributed by atoms with Crippen molar-refractivity contribution < 1.29 is 9.13 Å². The smallest absolute Gasteiger partial charge is 0.135 e. The SMILES string of the molecule is Fc1cc(-c2ccc3c(c2)Oc2ccccc2C=C3)cc(-c2ccc3c4ccccc4c4ccccc4c3c2)c1. The van der Waals surface area contributed by atoms with E-state index >= 15 is 4.39 Å². The highest BCUT2D eigenvalue weighted by molar-refractivity contribution is 6.25. The van der Waals surface area contributed by atoms with E-state index < -0.39 is 0 Å². The molecule has 7 aromatic rings. The lowest BCUT2D eigenvalue weighted by Crippen LogP contribution is -1.90. The molecule has 0 amide bonds. The monoisotopic (exact) mass is 514 g/mol. The van der Waals surface area contributed by atoms with Gasteiger partial charge in [0.25, 0.3) is 0 Å². The Balaban J connectivity index is 1.27. The van der Waals surface area contributed by atoms with E-state index in [-0.39, 0.29) is 5.82 Å². The van der Waals surface area contributed by atoms with Crippen LogP contribution in [0.3, 0.4) is 0 Å². The average Bonchev–Trinajstić information content (AvgIpc) is 3.19. The molecule has 0 aliphatic carbocycles. The van der Waals surface area contributed by atoms with Gasteiger partial charge in [0.05, 0.1) is 0 Å². The second-order valence-corrected chi connectivity index (χ2v) is 10.3. The Labute approximate surface area is 231 Å². The number of halogens is 1. The minimum atomic E-state index is -0.267. The summed E-state index contributed by atoms with van der Waals surface area (Å²) < 4.78 is 21.4. The molecule has 8 rings (SSSR count). The molecule has 0 radical (unpaired) electrons. The van der Waals surface area contributed by atoms with Crippen LogP contribution in [0.15, 0.2) is 127 Å². The normalized spacial score (nSPS) is 12.2. The number of hydrogen-bond donors (Lipinski definition) is 0. The minimum Gasteiger partial charge on any atom is -0.456 e. The zero-order chi connectivity index (χ0) is 26.6. The quantitative estimate of drug-likeness (QED) is 0.208. The Kier molecular flexibility index (Phi) is 5.08. The zero-order valence-corrected chi connectivity index (χ0v) is 21.6. The van der Waals surface area contributed by atoms with Crippen molar-refractivity contribution in [1.29, 1.82) is 0 Å². The van der Waals surface area contributed by atoms with Crippen LogP contribution >= 0.6 is 0 Å². The van der Waals surface area contributed by atoms with Crippen molar-refractivity contribution in [3.8, 4) is 33.8 Å². The Morgan fingerprint density at radius 1 is 0.375 bits per heavy atom. The highest BCUT2D eigenvalue weighted by Crippen LogP contribution is 2.40. The topological polar surface area (TPSA) is 9.23 Å². The highest BCUT2D eigenvalue weighted by Gasteiger charge is 2.14. The summed E-state index contributed by atoms with van der Waals surface area (Å²) in [6, 6.07) is 42.8. The third-order valence-corrected chi connectivity index (χ3v) is 7.90. The van der Waals surface area contributed by atoms with E-state index in [4.69, 9.17) is 4.74 Å². The van der Waals surface area contributed by atoms with Crippen LogP contribution in [0.25, 0.3) is 66.7 Å². The molecule has 1 aliphatic heterocycles. The van der Waals surface area contributed by atoms with E-state index in [1.54, 1.807) is 12.1 Å². The van der Waals surface area contributed by atoms with Gasteiger partial charge in [0.1, 0.15) is 17.3 Å². The molecule has 1 nitrogen and oxygen atoms in total. The Morgan fingerprint density at radius 2 is 0.900 bits per heavy atom. The lowest BCUT2D eigenvalue weighted by Gasteiger charge is -2.13. The Bertz CT molecular complexity index is 2120. The largest absolute Gasteiger partial charge is 0.456 e. The molecule has 0 aromatic heterocycles. The summed E-state index contributed by atoms with van der Waals surface area (Å²) in [4.78, 5) is 0. The highest BCUT2D eigenvalue weighted by atomic mass is 19.1. The van der Waals surface area contributed by atoms with Crippen molar-refractivity contribution in [3.05, 3.63) is 144 Å². The second kappa shape index (κ2) is 8.93. The molecule has 0 saturated carbocycles. The Morgan fingerprint density at radius 3 is 1.60 bits per heavy atom. The van der Waals surface area contributed by atoms with Crippen LogP contribution in [-0.4, -0.2) is 0 Å². The molecule has 2 heteroatoms. The van der Waals surface area contributed by atoms with E-state index in [0.717, 1.165) is 44.9 Å². The van der Waals surface area contributed by atoms with Crippen molar-refractivity contribution >= 4 is 44.5 Å². The molecule has 0 bridgehead atoms. The maximum absolute atomic E-state index is 15.1. The summed E-state index contributed by atoms with van der Waals surface area (Å²) in [5, 5.41) is 7.26. The third kappa shape index (κ3) is 3.69. The molecular weight excluding hydrogens is 491 g/mol. The van der Waals surface area contributed by atoms with Crippen LogP contribution < -0.4 is 4.74 Å². The molecule has 0 atom stereocenters.